The van der Waals surface area contributed by atoms with Crippen LogP contribution < -0.4 is 27.4 Å². The molecule has 16 heteroatoms. The normalized spacial score (nSPS) is 13.8. The van der Waals surface area contributed by atoms with Gasteiger partial charge in [-0.2, -0.15) is 0 Å². The molecule has 4 unspecified atom stereocenters. The molecular formula is C27H34N8O8. The van der Waals surface area contributed by atoms with Gasteiger partial charge < -0.3 is 47.6 Å². The van der Waals surface area contributed by atoms with Crippen molar-refractivity contribution in [2.75, 3.05) is 0 Å². The van der Waals surface area contributed by atoms with Gasteiger partial charge in [-0.15, -0.1) is 0 Å². The molecule has 0 saturated heterocycles. The number of nitrogens with two attached hydrogens (primary N) is 2. The molecule has 2 heterocycles. The number of para-hydroxylation sites is 1. The molecule has 11 N–H and O–H groups in total. The summed E-state index contributed by atoms with van der Waals surface area (Å²) in [7, 11) is 0. The molecule has 0 aliphatic heterocycles. The van der Waals surface area contributed by atoms with Gasteiger partial charge in [0.25, 0.3) is 0 Å². The summed E-state index contributed by atoms with van der Waals surface area (Å²) in [6, 6.07) is 1.89. The third-order valence-electron chi connectivity index (χ3n) is 6.64. The summed E-state index contributed by atoms with van der Waals surface area (Å²) < 4.78 is 0. The van der Waals surface area contributed by atoms with Crippen LogP contribution in [0.25, 0.3) is 10.9 Å². The maximum absolute atomic E-state index is 13.5. The molecule has 3 rings (SSSR count). The van der Waals surface area contributed by atoms with Crippen molar-refractivity contribution in [1.82, 2.24) is 30.9 Å². The summed E-state index contributed by atoms with van der Waals surface area (Å²) >= 11 is 0. The molecule has 43 heavy (non-hydrogen) atoms. The van der Waals surface area contributed by atoms with Crippen LogP contribution in [0, 0.1) is 0 Å². The molecule has 0 fully saturated rings. The van der Waals surface area contributed by atoms with Crippen molar-refractivity contribution in [1.29, 1.82) is 0 Å². The average molecular weight is 599 g/mol. The van der Waals surface area contributed by atoms with Gasteiger partial charge in [-0.25, -0.2) is 9.78 Å². The molecule has 0 spiro atoms. The van der Waals surface area contributed by atoms with Crippen LogP contribution in [-0.4, -0.2) is 84.9 Å². The second-order valence-corrected chi connectivity index (χ2v) is 9.91. The number of carbonyl (C=O) groups is 6. The molecule has 0 radical (unpaired) electrons. The summed E-state index contributed by atoms with van der Waals surface area (Å²) in [6.45, 7) is 0. The lowest BCUT2D eigenvalue weighted by Gasteiger charge is -2.25. The van der Waals surface area contributed by atoms with Gasteiger partial charge >= 0.3 is 11.9 Å². The molecule has 0 aliphatic carbocycles. The third-order valence-corrected chi connectivity index (χ3v) is 6.64. The number of benzene rings is 1. The van der Waals surface area contributed by atoms with Gasteiger partial charge in [0.15, 0.2) is 0 Å². The molecule has 4 atom stereocenters. The van der Waals surface area contributed by atoms with Crippen LogP contribution in [-0.2, 0) is 41.6 Å². The number of amides is 4. The Bertz CT molecular complexity index is 1450. The van der Waals surface area contributed by atoms with Crippen LogP contribution in [0.1, 0.15) is 36.9 Å². The van der Waals surface area contributed by atoms with Crippen molar-refractivity contribution in [3.8, 4) is 0 Å². The van der Waals surface area contributed by atoms with Crippen molar-refractivity contribution < 1.29 is 39.0 Å². The van der Waals surface area contributed by atoms with Crippen molar-refractivity contribution in [2.24, 2.45) is 11.5 Å². The van der Waals surface area contributed by atoms with E-state index in [1.165, 1.54) is 12.5 Å². The van der Waals surface area contributed by atoms with E-state index in [2.05, 4.69) is 30.9 Å². The first-order chi connectivity index (χ1) is 20.4. The maximum atomic E-state index is 13.5. The number of aromatic amines is 2. The van der Waals surface area contributed by atoms with E-state index in [-0.39, 0.29) is 32.1 Å². The van der Waals surface area contributed by atoms with E-state index >= 15 is 0 Å². The van der Waals surface area contributed by atoms with Crippen LogP contribution >= 0.6 is 0 Å². The molecule has 4 amide bonds. The number of aliphatic carboxylic acids is 2. The Kier molecular flexibility index (Phi) is 11.3. The summed E-state index contributed by atoms with van der Waals surface area (Å²) in [6.07, 6.45) is 3.11. The smallest absolute Gasteiger partial charge is 0.326 e. The van der Waals surface area contributed by atoms with Crippen molar-refractivity contribution in [3.05, 3.63) is 54.2 Å². The van der Waals surface area contributed by atoms with Gasteiger partial charge in [0.1, 0.15) is 18.1 Å². The van der Waals surface area contributed by atoms with Gasteiger partial charge in [-0.1, -0.05) is 18.2 Å². The first-order valence-corrected chi connectivity index (χ1v) is 13.4. The number of fused-ring (bicyclic) bond motifs is 1. The van der Waals surface area contributed by atoms with Gasteiger partial charge in [-0.3, -0.25) is 24.0 Å². The lowest BCUT2D eigenvalue weighted by atomic mass is 10.0. The predicted octanol–water partition coefficient (Wildman–Crippen LogP) is -1.33. The second kappa shape index (κ2) is 15.1. The number of carboxylic acids is 2. The molecule has 0 bridgehead atoms. The van der Waals surface area contributed by atoms with E-state index < -0.39 is 66.2 Å². The Morgan fingerprint density at radius 2 is 1.51 bits per heavy atom. The highest BCUT2D eigenvalue weighted by atomic mass is 16.4. The predicted molar refractivity (Wildman–Crippen MR) is 151 cm³/mol. The Morgan fingerprint density at radius 1 is 0.837 bits per heavy atom. The molecule has 2 aromatic heterocycles. The van der Waals surface area contributed by atoms with Crippen molar-refractivity contribution in [3.63, 3.8) is 0 Å². The fourth-order valence-electron chi connectivity index (χ4n) is 4.33. The van der Waals surface area contributed by atoms with Crippen LogP contribution in [0.3, 0.4) is 0 Å². The quantitative estimate of drug-likeness (QED) is 0.0883. The minimum absolute atomic E-state index is 0.0737. The first kappa shape index (κ1) is 32.3. The Balaban J connectivity index is 1.84. The topological polar surface area (TPSA) is 275 Å². The molecule has 230 valence electrons. The van der Waals surface area contributed by atoms with Crippen LogP contribution in [0.2, 0.25) is 0 Å². The number of nitrogens with zero attached hydrogens (tertiary/aromatic N) is 1. The minimum atomic E-state index is -1.42. The van der Waals surface area contributed by atoms with Crippen molar-refractivity contribution in [2.45, 2.75) is 62.7 Å². The SMILES string of the molecule is NC(=O)CCC(N)C(=O)NC(CCC(=O)O)C(=O)NC(Cc1c[nH]c2ccccc12)C(=O)NC(Cc1cnc[nH]1)C(=O)O. The van der Waals surface area contributed by atoms with E-state index in [0.29, 0.717) is 11.3 Å². The van der Waals surface area contributed by atoms with Crippen LogP contribution in [0.15, 0.2) is 43.0 Å². The van der Waals surface area contributed by atoms with Crippen LogP contribution in [0.4, 0.5) is 0 Å². The minimum Gasteiger partial charge on any atom is -0.481 e. The van der Waals surface area contributed by atoms with Gasteiger partial charge in [0.2, 0.25) is 23.6 Å². The Hall–Kier alpha value is -5.25. The number of imidazole rings is 1. The number of primary amides is 1. The summed E-state index contributed by atoms with van der Waals surface area (Å²) in [5.41, 5.74) is 12.8. The monoisotopic (exact) mass is 598 g/mol. The van der Waals surface area contributed by atoms with E-state index in [4.69, 9.17) is 11.5 Å². The zero-order valence-electron chi connectivity index (χ0n) is 23.0. The summed E-state index contributed by atoms with van der Waals surface area (Å²) in [5.74, 6) is -5.78. The Labute approximate surface area is 245 Å². The third kappa shape index (κ3) is 9.67. The number of hydrogen-bond donors (Lipinski definition) is 9. The lowest BCUT2D eigenvalue weighted by Crippen LogP contribution is -2.58. The molecule has 1 aromatic carbocycles. The fraction of sp³-hybridized carbons (Fsp3) is 0.370. The number of aromatic nitrogens is 3. The number of nitrogens with one attached hydrogen (secondary N) is 5. The lowest BCUT2D eigenvalue weighted by molar-refractivity contribution is -0.142. The van der Waals surface area contributed by atoms with Crippen LogP contribution in [0.5, 0.6) is 0 Å². The molecular weight excluding hydrogens is 564 g/mol. The summed E-state index contributed by atoms with van der Waals surface area (Å²) in [4.78, 5) is 83.5. The summed E-state index contributed by atoms with van der Waals surface area (Å²) in [5, 5.41) is 27.0. The van der Waals surface area contributed by atoms with E-state index in [1.54, 1.807) is 18.3 Å². The van der Waals surface area contributed by atoms with Gasteiger partial charge in [0, 0.05) is 54.7 Å². The average Bonchev–Trinajstić information content (AvgIpc) is 3.62. The number of hydrogen-bond acceptors (Lipinski definition) is 8. The highest BCUT2D eigenvalue weighted by molar-refractivity contribution is 5.95. The van der Waals surface area contributed by atoms with E-state index in [0.717, 1.165) is 10.9 Å². The van der Waals surface area contributed by atoms with E-state index in [9.17, 15) is 39.0 Å². The highest BCUT2D eigenvalue weighted by Gasteiger charge is 2.31. The molecule has 16 nitrogen and oxygen atoms in total. The van der Waals surface area contributed by atoms with Gasteiger partial charge in [0.05, 0.1) is 12.4 Å². The van der Waals surface area contributed by atoms with E-state index in [1.807, 2.05) is 12.1 Å². The number of carbonyl (C=O) groups excluding carboxylic acids is 4. The zero-order chi connectivity index (χ0) is 31.5. The Morgan fingerprint density at radius 3 is 2.16 bits per heavy atom. The molecule has 0 aliphatic rings. The number of H-pyrrole nitrogens is 2. The number of rotatable bonds is 17. The molecule has 0 saturated carbocycles. The number of carboxylic acid groups (broad SMARTS) is 2. The second-order valence-electron chi connectivity index (χ2n) is 9.91. The maximum Gasteiger partial charge on any atom is 0.326 e. The van der Waals surface area contributed by atoms with Crippen molar-refractivity contribution >= 4 is 46.5 Å². The largest absolute Gasteiger partial charge is 0.481 e. The fourth-order valence-corrected chi connectivity index (χ4v) is 4.33. The highest BCUT2D eigenvalue weighted by Crippen LogP contribution is 2.19. The van der Waals surface area contributed by atoms with Gasteiger partial charge in [-0.05, 0) is 24.5 Å². The standard InChI is InChI=1S/C27H34N8O8/c28-17(5-7-22(29)36)24(39)33-19(6-8-23(37)38)25(40)34-20(9-14-11-31-18-4-2-1-3-16(14)18)26(41)35-21(27(42)43)10-15-12-30-13-32-15/h1-4,11-13,17,19-21,31H,5-10,28H2,(H2,29,36)(H,30,32)(H,33,39)(H,34,40)(H,35,41)(H,37,38)(H,42,43). The zero-order valence-corrected chi connectivity index (χ0v) is 23.0. The molecule has 3 aromatic rings. The first-order valence-electron chi connectivity index (χ1n) is 13.4.